The molecule has 2 aromatic carbocycles. The minimum Gasteiger partial charge on any atom is -0.360 e. The molecule has 2 N–H and O–H groups in total. The highest BCUT2D eigenvalue weighted by Crippen LogP contribution is 2.24. The van der Waals surface area contributed by atoms with Crippen molar-refractivity contribution in [2.45, 2.75) is 54.9 Å². The van der Waals surface area contributed by atoms with Crippen LogP contribution < -0.4 is 10.6 Å². The highest BCUT2D eigenvalue weighted by atomic mass is 16.1. The fourth-order valence-corrected chi connectivity index (χ4v) is 3.33. The van der Waals surface area contributed by atoms with Gasteiger partial charge in [-0.25, -0.2) is 4.98 Å². The number of fused-ring (bicyclic) bond motifs is 1. The molecule has 1 heterocycles. The fraction of sp³-hybridized carbons (Fsp3) is 0.323. The van der Waals surface area contributed by atoms with Gasteiger partial charge >= 0.3 is 0 Å². The van der Waals surface area contributed by atoms with Gasteiger partial charge in [-0.05, 0) is 80.6 Å². The number of amides is 1. The predicted molar refractivity (Wildman–Crippen MR) is 163 cm³/mol. The van der Waals surface area contributed by atoms with Crippen LogP contribution in [0.5, 0.6) is 0 Å². The molecule has 0 aliphatic heterocycles. The molecule has 0 saturated heterocycles. The first kappa shape index (κ1) is 28.5. The van der Waals surface area contributed by atoms with Crippen molar-refractivity contribution in [2.75, 3.05) is 17.7 Å². The van der Waals surface area contributed by atoms with Crippen LogP contribution in [0.2, 0.25) is 0 Å². The van der Waals surface area contributed by atoms with Crippen LogP contribution in [-0.2, 0) is 6.42 Å². The summed E-state index contributed by atoms with van der Waals surface area (Å²) in [4.78, 5) is 21.2. The normalized spacial score (nSPS) is 12.0. The highest BCUT2D eigenvalue weighted by Gasteiger charge is 2.12. The third kappa shape index (κ3) is 8.49. The lowest BCUT2D eigenvalue weighted by Crippen LogP contribution is -2.14. The van der Waals surface area contributed by atoms with Crippen LogP contribution in [0.25, 0.3) is 10.9 Å². The zero-order chi connectivity index (χ0) is 26.9. The zero-order valence-corrected chi connectivity index (χ0v) is 23.0. The van der Waals surface area contributed by atoms with Crippen LogP contribution in [-0.4, -0.2) is 23.7 Å². The van der Waals surface area contributed by atoms with E-state index in [1.807, 2.05) is 75.5 Å². The van der Waals surface area contributed by atoms with E-state index in [0.29, 0.717) is 5.69 Å². The van der Waals surface area contributed by atoms with E-state index in [4.69, 9.17) is 0 Å². The van der Waals surface area contributed by atoms with E-state index in [0.717, 1.165) is 45.7 Å². The highest BCUT2D eigenvalue weighted by molar-refractivity contribution is 6.04. The van der Waals surface area contributed by atoms with Gasteiger partial charge in [-0.15, -0.1) is 0 Å². The number of nitrogens with one attached hydrogen (secondary N) is 2. The number of nitrogens with zero attached hydrogens (tertiary/aromatic N) is 2. The molecule has 0 atom stereocenters. The fourth-order valence-electron chi connectivity index (χ4n) is 3.33. The molecule has 0 bridgehead atoms. The molecule has 5 heteroatoms. The quantitative estimate of drug-likeness (QED) is 0.339. The Morgan fingerprint density at radius 1 is 1.03 bits per heavy atom. The lowest BCUT2D eigenvalue weighted by atomic mass is 9.87. The number of carbonyl (C=O) groups is 1. The van der Waals surface area contributed by atoms with Gasteiger partial charge in [-0.2, -0.15) is 0 Å². The second kappa shape index (κ2) is 12.8. The monoisotopic (exact) mass is 490 g/mol. The van der Waals surface area contributed by atoms with Crippen molar-refractivity contribution in [3.63, 3.8) is 0 Å². The number of aromatic nitrogens is 1. The molecule has 0 spiro atoms. The molecule has 3 rings (SSSR count). The van der Waals surface area contributed by atoms with Crippen molar-refractivity contribution in [1.29, 1.82) is 0 Å². The topological polar surface area (TPSA) is 66.4 Å². The molecule has 0 unspecified atom stereocenters. The van der Waals surface area contributed by atoms with Crippen molar-refractivity contribution in [2.24, 2.45) is 10.4 Å². The van der Waals surface area contributed by atoms with Crippen LogP contribution in [0.15, 0.2) is 83.5 Å². The Morgan fingerprint density at radius 3 is 2.14 bits per heavy atom. The van der Waals surface area contributed by atoms with Gasteiger partial charge in [0.15, 0.2) is 0 Å². The molecule has 0 saturated carbocycles. The Labute approximate surface area is 220 Å². The van der Waals surface area contributed by atoms with Crippen molar-refractivity contribution in [3.8, 4) is 0 Å². The van der Waals surface area contributed by atoms with Crippen LogP contribution in [0.1, 0.15) is 68.8 Å². The lowest BCUT2D eigenvalue weighted by molar-refractivity contribution is 0.102. The Bertz CT molecular complexity index is 1280. The molecule has 1 aromatic heterocycles. The SMILES string of the molecule is C=C(C)Nc1ccc(NC(=O)c2cc(CC)c3ccccc3n2)cc1.CN=C(C)/C=C(\C)C(C)(C)C.[HH].[HH].[HH]. The number of carbonyl (C=O) groups excluding carboxylic acids is 1. The molecule has 0 aliphatic rings. The van der Waals surface area contributed by atoms with E-state index >= 15 is 0 Å². The van der Waals surface area contributed by atoms with E-state index in [2.05, 4.69) is 67.9 Å². The van der Waals surface area contributed by atoms with Gasteiger partial charge in [-0.1, -0.05) is 58.0 Å². The predicted octanol–water partition coefficient (Wildman–Crippen LogP) is 8.80. The van der Waals surface area contributed by atoms with Crippen molar-refractivity contribution in [1.82, 2.24) is 4.98 Å². The number of hydrogen-bond acceptors (Lipinski definition) is 4. The summed E-state index contributed by atoms with van der Waals surface area (Å²) in [7, 11) is 1.82. The first-order valence-corrected chi connectivity index (χ1v) is 12.3. The van der Waals surface area contributed by atoms with Gasteiger partial charge in [0.25, 0.3) is 5.91 Å². The number of rotatable bonds is 6. The summed E-state index contributed by atoms with van der Waals surface area (Å²) in [6, 6.07) is 17.3. The first-order chi connectivity index (χ1) is 16.9. The summed E-state index contributed by atoms with van der Waals surface area (Å²) < 4.78 is 0. The second-order valence-corrected chi connectivity index (χ2v) is 9.92. The number of anilines is 2. The average molecular weight is 491 g/mol. The third-order valence-corrected chi connectivity index (χ3v) is 5.88. The molecule has 5 nitrogen and oxygen atoms in total. The minimum atomic E-state index is -0.207. The van der Waals surface area contributed by atoms with Crippen molar-refractivity contribution in [3.05, 3.63) is 89.8 Å². The standard InChI is InChI=1S/C21H21N3O.C10H19N.3H2/c1-4-15-13-20(24-19-8-6-5-7-18(15)19)21(25)23-17-11-9-16(10-12-17)22-14(2)3;1-8(10(3,4)5)7-9(2)11-6;;;/h5-13,22H,2,4H2,1,3H3,(H,23,25);7H,1-6H3;3*1H/b;8-7+,11-9?;;;. The summed E-state index contributed by atoms with van der Waals surface area (Å²) in [6.45, 7) is 18.6. The lowest BCUT2D eigenvalue weighted by Gasteiger charge is -2.19. The second-order valence-electron chi connectivity index (χ2n) is 9.92. The van der Waals surface area contributed by atoms with Gasteiger partial charge in [0, 0.05) is 39.5 Å². The Balaban J connectivity index is 0. The van der Waals surface area contributed by atoms with Crippen LogP contribution in [0, 0.1) is 5.41 Å². The number of pyridine rings is 1. The summed E-state index contributed by atoms with van der Waals surface area (Å²) in [6.07, 6.45) is 2.99. The van der Waals surface area contributed by atoms with Crippen LogP contribution in [0.3, 0.4) is 0 Å². The van der Waals surface area contributed by atoms with E-state index < -0.39 is 0 Å². The van der Waals surface area contributed by atoms with E-state index in [1.165, 1.54) is 5.57 Å². The summed E-state index contributed by atoms with van der Waals surface area (Å²) in [5, 5.41) is 7.13. The molecule has 1 amide bonds. The van der Waals surface area contributed by atoms with Gasteiger partial charge in [-0.3, -0.25) is 9.79 Å². The maximum atomic E-state index is 12.6. The number of para-hydroxylation sites is 1. The number of aryl methyl sites for hydroxylation is 1. The molecule has 196 valence electrons. The first-order valence-electron chi connectivity index (χ1n) is 12.3. The van der Waals surface area contributed by atoms with Crippen LogP contribution >= 0.6 is 0 Å². The van der Waals surface area contributed by atoms with Gasteiger partial charge in [0.2, 0.25) is 0 Å². The molecule has 3 aromatic rings. The van der Waals surface area contributed by atoms with E-state index in [-0.39, 0.29) is 15.6 Å². The maximum absolute atomic E-state index is 12.6. The molecule has 0 radical (unpaired) electrons. The Hall–Kier alpha value is -3.73. The largest absolute Gasteiger partial charge is 0.360 e. The summed E-state index contributed by atoms with van der Waals surface area (Å²) >= 11 is 0. The van der Waals surface area contributed by atoms with Crippen molar-refractivity contribution < 1.29 is 9.07 Å². The van der Waals surface area contributed by atoms with Gasteiger partial charge < -0.3 is 10.6 Å². The average Bonchev–Trinajstić information content (AvgIpc) is 2.83. The molecular formula is C31H46N4O. The van der Waals surface area contributed by atoms with E-state index in [1.54, 1.807) is 0 Å². The number of allylic oxidation sites excluding steroid dienone is 3. The molecule has 0 fully saturated rings. The summed E-state index contributed by atoms with van der Waals surface area (Å²) in [5.74, 6) is -0.207. The maximum Gasteiger partial charge on any atom is 0.274 e. The molecule has 36 heavy (non-hydrogen) atoms. The smallest absolute Gasteiger partial charge is 0.274 e. The van der Waals surface area contributed by atoms with Crippen LogP contribution in [0.4, 0.5) is 11.4 Å². The van der Waals surface area contributed by atoms with Crippen molar-refractivity contribution >= 4 is 33.9 Å². The molecular weight excluding hydrogens is 444 g/mol. The Morgan fingerprint density at radius 2 is 1.61 bits per heavy atom. The summed E-state index contributed by atoms with van der Waals surface area (Å²) in [5.41, 5.74) is 7.66. The number of benzene rings is 2. The van der Waals surface area contributed by atoms with Gasteiger partial charge in [0.1, 0.15) is 5.69 Å². The van der Waals surface area contributed by atoms with E-state index in [9.17, 15) is 4.79 Å². The molecule has 0 aliphatic carbocycles. The number of aliphatic imine (C=N–C) groups is 1. The Kier molecular flexibility index (Phi) is 10.2. The third-order valence-electron chi connectivity index (χ3n) is 5.88. The van der Waals surface area contributed by atoms with Gasteiger partial charge in [0.05, 0.1) is 5.52 Å². The number of hydrogen-bond donors (Lipinski definition) is 2. The zero-order valence-electron chi connectivity index (χ0n) is 23.0. The minimum absolute atomic E-state index is 0.